The average molecular weight is 345 g/mol. The third kappa shape index (κ3) is 3.22. The number of hydrogen-bond acceptors (Lipinski definition) is 3. The molecule has 0 radical (unpaired) electrons. The van der Waals surface area contributed by atoms with Gasteiger partial charge in [0.15, 0.2) is 5.58 Å². The molecule has 1 saturated heterocycles. The molecule has 134 valence electrons. The zero-order chi connectivity index (χ0) is 17.4. The van der Waals surface area contributed by atoms with Crippen molar-refractivity contribution in [2.75, 3.05) is 19.6 Å². The molecule has 0 unspecified atom stereocenters. The van der Waals surface area contributed by atoms with Crippen LogP contribution in [0.15, 0.2) is 22.7 Å². The second-order valence-corrected chi connectivity index (χ2v) is 7.79. The number of carbonyl (C=O) groups is 1. The second kappa shape index (κ2) is 6.32. The van der Waals surface area contributed by atoms with E-state index in [9.17, 15) is 9.18 Å². The van der Waals surface area contributed by atoms with Gasteiger partial charge in [-0.15, -0.1) is 0 Å². The Morgan fingerprint density at radius 3 is 2.84 bits per heavy atom. The predicted molar refractivity (Wildman–Crippen MR) is 92.9 cm³/mol. The lowest BCUT2D eigenvalue weighted by atomic mass is 9.70. The van der Waals surface area contributed by atoms with Crippen molar-refractivity contribution in [2.24, 2.45) is 5.41 Å². The molecule has 0 bridgehead atoms. The van der Waals surface area contributed by atoms with E-state index in [2.05, 4.69) is 17.4 Å². The molecule has 4 rings (SSSR count). The number of hydrogen-bond donors (Lipinski definition) is 1. The number of carbonyl (C=O) groups excluding carboxylic acids is 1. The molecule has 1 aromatic carbocycles. The van der Waals surface area contributed by atoms with Gasteiger partial charge in [0.25, 0.3) is 0 Å². The van der Waals surface area contributed by atoms with E-state index < -0.39 is 0 Å². The first kappa shape index (κ1) is 16.4. The van der Waals surface area contributed by atoms with Crippen molar-refractivity contribution >= 4 is 17.0 Å². The number of nitrogens with one attached hydrogen (secondary N) is 1. The van der Waals surface area contributed by atoms with E-state index >= 15 is 0 Å². The summed E-state index contributed by atoms with van der Waals surface area (Å²) >= 11 is 0. The van der Waals surface area contributed by atoms with Gasteiger partial charge >= 0.3 is 6.03 Å². The Balaban J connectivity index is 1.35. The summed E-state index contributed by atoms with van der Waals surface area (Å²) in [7, 11) is 0. The number of aromatic nitrogens is 1. The summed E-state index contributed by atoms with van der Waals surface area (Å²) in [6, 6.07) is 4.58. The van der Waals surface area contributed by atoms with E-state index in [-0.39, 0.29) is 17.8 Å². The minimum absolute atomic E-state index is 0.0404. The van der Waals surface area contributed by atoms with Gasteiger partial charge in [0.05, 0.1) is 5.69 Å². The van der Waals surface area contributed by atoms with Gasteiger partial charge in [0.2, 0.25) is 0 Å². The van der Waals surface area contributed by atoms with Crippen molar-refractivity contribution in [1.29, 1.82) is 0 Å². The van der Waals surface area contributed by atoms with Gasteiger partial charge in [-0.25, -0.2) is 9.18 Å². The maximum absolute atomic E-state index is 13.3. The monoisotopic (exact) mass is 345 g/mol. The molecule has 1 aliphatic heterocycles. The molecule has 1 aliphatic carbocycles. The minimum Gasteiger partial charge on any atom is -0.356 e. The first-order valence-electron chi connectivity index (χ1n) is 9.12. The molecule has 0 atom stereocenters. The topological polar surface area (TPSA) is 58.4 Å². The lowest BCUT2D eigenvalue weighted by Crippen LogP contribution is -2.48. The van der Waals surface area contributed by atoms with Crippen LogP contribution in [0, 0.1) is 11.2 Å². The van der Waals surface area contributed by atoms with E-state index in [4.69, 9.17) is 4.52 Å². The highest BCUT2D eigenvalue weighted by molar-refractivity contribution is 5.80. The van der Waals surface area contributed by atoms with Crippen LogP contribution < -0.4 is 5.32 Å². The van der Waals surface area contributed by atoms with Crippen molar-refractivity contribution in [3.05, 3.63) is 29.7 Å². The number of fused-ring (bicyclic) bond motifs is 1. The SMILES string of the molecule is CC1(CNC(=O)N2CCC(c3noc4cc(F)ccc34)CC2)CCC1. The highest BCUT2D eigenvalue weighted by Gasteiger charge is 2.33. The summed E-state index contributed by atoms with van der Waals surface area (Å²) in [5.74, 6) is -0.0678. The van der Waals surface area contributed by atoms with Crippen LogP contribution in [0.4, 0.5) is 9.18 Å². The maximum atomic E-state index is 13.3. The summed E-state index contributed by atoms with van der Waals surface area (Å²) < 4.78 is 18.5. The van der Waals surface area contributed by atoms with E-state index in [1.54, 1.807) is 6.07 Å². The molecular formula is C19H24FN3O2. The Morgan fingerprint density at radius 2 is 2.16 bits per heavy atom. The second-order valence-electron chi connectivity index (χ2n) is 7.79. The molecule has 25 heavy (non-hydrogen) atoms. The van der Waals surface area contributed by atoms with Gasteiger partial charge in [-0.3, -0.25) is 0 Å². The highest BCUT2D eigenvalue weighted by atomic mass is 19.1. The molecule has 0 spiro atoms. The Morgan fingerprint density at radius 1 is 1.40 bits per heavy atom. The summed E-state index contributed by atoms with van der Waals surface area (Å²) in [5, 5.41) is 8.13. The number of benzene rings is 1. The van der Waals surface area contributed by atoms with Crippen LogP contribution in [0.25, 0.3) is 11.0 Å². The van der Waals surface area contributed by atoms with E-state index in [0.717, 1.165) is 30.5 Å². The van der Waals surface area contributed by atoms with E-state index in [1.165, 1.54) is 31.4 Å². The molecular weight excluding hydrogens is 321 g/mol. The van der Waals surface area contributed by atoms with Gasteiger partial charge in [-0.05, 0) is 43.2 Å². The molecule has 1 aromatic heterocycles. The van der Waals surface area contributed by atoms with Gasteiger partial charge in [-0.2, -0.15) is 0 Å². The van der Waals surface area contributed by atoms with Crippen LogP contribution in [0.1, 0.15) is 50.6 Å². The van der Waals surface area contributed by atoms with Crippen molar-refractivity contribution in [3.8, 4) is 0 Å². The molecule has 1 N–H and O–H groups in total. The first-order chi connectivity index (χ1) is 12.0. The molecule has 6 heteroatoms. The van der Waals surface area contributed by atoms with Crippen LogP contribution in [-0.4, -0.2) is 35.7 Å². The van der Waals surface area contributed by atoms with Crippen LogP contribution >= 0.6 is 0 Å². The third-order valence-corrected chi connectivity index (χ3v) is 5.86. The summed E-state index contributed by atoms with van der Waals surface area (Å²) in [6.45, 7) is 4.43. The van der Waals surface area contributed by atoms with Crippen molar-refractivity contribution in [3.63, 3.8) is 0 Å². The fourth-order valence-corrected chi connectivity index (χ4v) is 3.94. The fraction of sp³-hybridized carbons (Fsp3) is 0.579. The Kier molecular flexibility index (Phi) is 4.13. The Labute approximate surface area is 146 Å². The number of amides is 2. The van der Waals surface area contributed by atoms with Crippen molar-refractivity contribution < 1.29 is 13.7 Å². The minimum atomic E-state index is -0.318. The number of nitrogens with zero attached hydrogens (tertiary/aromatic N) is 2. The van der Waals surface area contributed by atoms with Gasteiger partial charge in [0, 0.05) is 37.0 Å². The fourth-order valence-electron chi connectivity index (χ4n) is 3.94. The Bertz CT molecular complexity index is 776. The van der Waals surface area contributed by atoms with Gasteiger partial charge in [0.1, 0.15) is 5.82 Å². The molecule has 2 heterocycles. The highest BCUT2D eigenvalue weighted by Crippen LogP contribution is 2.39. The van der Waals surface area contributed by atoms with Gasteiger partial charge in [-0.1, -0.05) is 18.5 Å². The summed E-state index contributed by atoms with van der Waals surface area (Å²) in [4.78, 5) is 14.3. The molecule has 1 saturated carbocycles. The molecule has 2 aliphatic rings. The molecule has 5 nitrogen and oxygen atoms in total. The van der Waals surface area contributed by atoms with Crippen molar-refractivity contribution in [1.82, 2.24) is 15.4 Å². The lowest BCUT2D eigenvalue weighted by molar-refractivity contribution is 0.142. The van der Waals surface area contributed by atoms with E-state index in [0.29, 0.717) is 24.1 Å². The lowest BCUT2D eigenvalue weighted by Gasteiger charge is -2.39. The number of urea groups is 1. The Hall–Kier alpha value is -2.11. The van der Waals surface area contributed by atoms with Crippen LogP contribution in [0.5, 0.6) is 0 Å². The molecule has 2 amide bonds. The quantitative estimate of drug-likeness (QED) is 0.913. The maximum Gasteiger partial charge on any atom is 0.317 e. The standard InChI is InChI=1S/C19H24FN3O2/c1-19(7-2-8-19)12-21-18(24)23-9-5-13(6-10-23)17-15-4-3-14(20)11-16(15)25-22-17/h3-4,11,13H,2,5-10,12H2,1H3,(H,21,24). The number of rotatable bonds is 3. The van der Waals surface area contributed by atoms with Crippen molar-refractivity contribution in [2.45, 2.75) is 44.9 Å². The molecule has 2 fully saturated rings. The smallest absolute Gasteiger partial charge is 0.317 e. The number of halogens is 1. The molecule has 2 aromatic rings. The first-order valence-corrected chi connectivity index (χ1v) is 9.12. The zero-order valence-corrected chi connectivity index (χ0v) is 14.6. The average Bonchev–Trinajstić information content (AvgIpc) is 3.01. The number of piperidine rings is 1. The third-order valence-electron chi connectivity index (χ3n) is 5.86. The van der Waals surface area contributed by atoms with Crippen LogP contribution in [0.2, 0.25) is 0 Å². The largest absolute Gasteiger partial charge is 0.356 e. The zero-order valence-electron chi connectivity index (χ0n) is 14.6. The normalized spacial score (nSPS) is 20.5. The number of likely N-dealkylation sites (tertiary alicyclic amines) is 1. The van der Waals surface area contributed by atoms with Gasteiger partial charge < -0.3 is 14.7 Å². The predicted octanol–water partition coefficient (Wildman–Crippen LogP) is 4.05. The summed E-state index contributed by atoms with van der Waals surface area (Å²) in [5.41, 5.74) is 1.67. The van der Waals surface area contributed by atoms with Crippen LogP contribution in [-0.2, 0) is 0 Å². The van der Waals surface area contributed by atoms with E-state index in [1.807, 2.05) is 4.90 Å². The van der Waals surface area contributed by atoms with Crippen LogP contribution in [0.3, 0.4) is 0 Å². The summed E-state index contributed by atoms with van der Waals surface area (Å²) in [6.07, 6.45) is 5.38.